The van der Waals surface area contributed by atoms with Gasteiger partial charge in [0.2, 0.25) is 0 Å². The van der Waals surface area contributed by atoms with Gasteiger partial charge in [0.25, 0.3) is 0 Å². The Balaban J connectivity index is 1.65. The van der Waals surface area contributed by atoms with Crippen LogP contribution in [0.5, 0.6) is 11.5 Å². The monoisotopic (exact) mass is 347 g/mol. The van der Waals surface area contributed by atoms with E-state index in [1.165, 1.54) is 0 Å². The van der Waals surface area contributed by atoms with E-state index in [9.17, 15) is 0 Å². The Morgan fingerprint density at radius 1 is 0.923 bits per heavy atom. The number of hydrogen-bond donors (Lipinski definition) is 0. The molecule has 5 rings (SSSR count). The maximum atomic E-state index is 5.71. The fraction of sp³-hybridized carbons (Fsp3) is 0.211. The average molecular weight is 347 g/mol. The summed E-state index contributed by atoms with van der Waals surface area (Å²) < 4.78 is 15.3. The normalized spacial score (nSPS) is 13.3. The number of pyridine rings is 1. The third kappa shape index (κ3) is 2.24. The quantitative estimate of drug-likeness (QED) is 0.558. The third-order valence-corrected chi connectivity index (χ3v) is 4.54. The lowest BCUT2D eigenvalue weighted by Crippen LogP contribution is -2.15. The van der Waals surface area contributed by atoms with Crippen LogP contribution in [0.3, 0.4) is 0 Å². The van der Waals surface area contributed by atoms with Gasteiger partial charge < -0.3 is 14.0 Å². The molecule has 3 aromatic heterocycles. The number of benzene rings is 1. The van der Waals surface area contributed by atoms with E-state index < -0.39 is 0 Å². The number of fused-ring (bicyclic) bond motifs is 2. The van der Waals surface area contributed by atoms with Crippen LogP contribution in [0.2, 0.25) is 0 Å². The minimum absolute atomic E-state index is 0.561. The van der Waals surface area contributed by atoms with Gasteiger partial charge in [-0.2, -0.15) is 0 Å². The summed E-state index contributed by atoms with van der Waals surface area (Å²) in [6.07, 6.45) is 5.54. The van der Waals surface area contributed by atoms with Crippen molar-refractivity contribution in [1.82, 2.24) is 24.1 Å². The zero-order valence-corrected chi connectivity index (χ0v) is 14.5. The lowest BCUT2D eigenvalue weighted by atomic mass is 10.2. The van der Waals surface area contributed by atoms with Crippen molar-refractivity contribution in [1.29, 1.82) is 0 Å². The van der Waals surface area contributed by atoms with E-state index in [1.54, 1.807) is 6.20 Å². The van der Waals surface area contributed by atoms with Gasteiger partial charge in [-0.15, -0.1) is 0 Å². The molecule has 0 aliphatic carbocycles. The molecule has 1 aliphatic heterocycles. The van der Waals surface area contributed by atoms with E-state index in [0.717, 1.165) is 45.7 Å². The van der Waals surface area contributed by atoms with Crippen LogP contribution < -0.4 is 9.47 Å². The third-order valence-electron chi connectivity index (χ3n) is 4.54. The second-order valence-corrected chi connectivity index (χ2v) is 6.20. The molecule has 130 valence electrons. The molecule has 7 heteroatoms. The van der Waals surface area contributed by atoms with Crippen LogP contribution in [0.15, 0.2) is 42.9 Å². The molecule has 0 fully saturated rings. The van der Waals surface area contributed by atoms with Gasteiger partial charge in [-0.05, 0) is 32.0 Å². The topological polar surface area (TPSA) is 67.0 Å². The molecule has 0 bridgehead atoms. The average Bonchev–Trinajstić information content (AvgIpc) is 3.22. The molecule has 0 saturated heterocycles. The van der Waals surface area contributed by atoms with Crippen LogP contribution in [0, 0.1) is 13.8 Å². The predicted molar refractivity (Wildman–Crippen MR) is 96.5 cm³/mol. The molecule has 0 atom stereocenters. The number of hydrogen-bond acceptors (Lipinski definition) is 5. The molecule has 0 spiro atoms. The lowest BCUT2D eigenvalue weighted by molar-refractivity contribution is 0.171. The Morgan fingerprint density at radius 3 is 2.58 bits per heavy atom. The summed E-state index contributed by atoms with van der Waals surface area (Å²) in [5.74, 6) is 3.30. The predicted octanol–water partition coefficient (Wildman–Crippen LogP) is 2.99. The summed E-state index contributed by atoms with van der Waals surface area (Å²) in [5, 5.41) is 0. The summed E-state index contributed by atoms with van der Waals surface area (Å²) >= 11 is 0. The molecule has 0 unspecified atom stereocenters. The van der Waals surface area contributed by atoms with E-state index >= 15 is 0 Å². The highest BCUT2D eigenvalue weighted by molar-refractivity contribution is 5.76. The van der Waals surface area contributed by atoms with Crippen molar-refractivity contribution in [2.75, 3.05) is 13.2 Å². The van der Waals surface area contributed by atoms with Crippen LogP contribution in [-0.2, 0) is 0 Å². The Labute approximate surface area is 149 Å². The highest BCUT2D eigenvalue weighted by Gasteiger charge is 2.16. The number of imidazole rings is 2. The second-order valence-electron chi connectivity index (χ2n) is 6.20. The first-order chi connectivity index (χ1) is 12.7. The highest BCUT2D eigenvalue weighted by atomic mass is 16.6. The molecule has 4 aromatic rings. The molecule has 0 saturated carbocycles. The van der Waals surface area contributed by atoms with Gasteiger partial charge in [0, 0.05) is 18.5 Å². The van der Waals surface area contributed by atoms with Crippen molar-refractivity contribution in [3.8, 4) is 22.9 Å². The Morgan fingerprint density at radius 2 is 1.77 bits per heavy atom. The largest absolute Gasteiger partial charge is 0.486 e. The molecule has 4 heterocycles. The van der Waals surface area contributed by atoms with Gasteiger partial charge in [0.15, 0.2) is 17.1 Å². The van der Waals surface area contributed by atoms with Crippen LogP contribution in [-0.4, -0.2) is 37.3 Å². The van der Waals surface area contributed by atoms with Crippen molar-refractivity contribution in [2.24, 2.45) is 0 Å². The van der Waals surface area contributed by atoms with Crippen molar-refractivity contribution in [3.63, 3.8) is 0 Å². The molecular formula is C19H17N5O2. The summed E-state index contributed by atoms with van der Waals surface area (Å²) in [4.78, 5) is 13.6. The van der Waals surface area contributed by atoms with Crippen LogP contribution in [0.25, 0.3) is 22.5 Å². The van der Waals surface area contributed by atoms with E-state index in [-0.39, 0.29) is 0 Å². The number of rotatable bonds is 2. The maximum absolute atomic E-state index is 5.71. The second kappa shape index (κ2) is 5.59. The molecule has 26 heavy (non-hydrogen) atoms. The van der Waals surface area contributed by atoms with Crippen molar-refractivity contribution < 1.29 is 9.47 Å². The lowest BCUT2D eigenvalue weighted by Gasteiger charge is -2.19. The van der Waals surface area contributed by atoms with Crippen LogP contribution in [0.1, 0.15) is 11.6 Å². The summed E-state index contributed by atoms with van der Waals surface area (Å²) in [5.41, 5.74) is 3.54. The van der Waals surface area contributed by atoms with Crippen LogP contribution >= 0.6 is 0 Å². The van der Waals surface area contributed by atoms with Gasteiger partial charge in [0.05, 0.1) is 17.6 Å². The molecule has 7 nitrogen and oxygen atoms in total. The first-order valence-corrected chi connectivity index (χ1v) is 8.46. The van der Waals surface area contributed by atoms with E-state index in [2.05, 4.69) is 9.97 Å². The number of nitrogens with zero attached hydrogens (tertiary/aromatic N) is 5. The molecule has 1 aliphatic rings. The molecule has 0 amide bonds. The van der Waals surface area contributed by atoms with Gasteiger partial charge in [-0.1, -0.05) is 0 Å². The zero-order valence-electron chi connectivity index (χ0n) is 14.5. The van der Waals surface area contributed by atoms with E-state index in [4.69, 9.17) is 14.5 Å². The van der Waals surface area contributed by atoms with E-state index in [0.29, 0.717) is 13.2 Å². The number of aryl methyl sites for hydroxylation is 2. The SMILES string of the molecule is Cc1nccn1-c1cnc2c(c1)nc(C)n2-c1ccc2c(c1)OCCO2. The molecule has 0 N–H and O–H groups in total. The number of aromatic nitrogens is 5. The van der Waals surface area contributed by atoms with E-state index in [1.807, 2.05) is 59.6 Å². The van der Waals surface area contributed by atoms with Crippen molar-refractivity contribution >= 4 is 11.2 Å². The van der Waals surface area contributed by atoms with Gasteiger partial charge >= 0.3 is 0 Å². The number of ether oxygens (including phenoxy) is 2. The summed E-state index contributed by atoms with van der Waals surface area (Å²) in [6, 6.07) is 7.92. The fourth-order valence-electron chi connectivity index (χ4n) is 3.33. The molecular weight excluding hydrogens is 330 g/mol. The van der Waals surface area contributed by atoms with Gasteiger partial charge in [0.1, 0.15) is 30.4 Å². The van der Waals surface area contributed by atoms with Crippen molar-refractivity contribution in [3.05, 3.63) is 54.5 Å². The molecule has 0 radical (unpaired) electrons. The Bertz CT molecular complexity index is 1130. The standard InChI is InChI=1S/C19H17N5O2/c1-12-20-5-6-23(12)15-9-16-19(21-11-15)24(13(2)22-16)14-3-4-17-18(10-14)26-8-7-25-17/h3-6,9-11H,7-8H2,1-2H3. The Hall–Kier alpha value is -3.35. The van der Waals surface area contributed by atoms with Crippen LogP contribution in [0.4, 0.5) is 0 Å². The Kier molecular flexibility index (Phi) is 3.21. The smallest absolute Gasteiger partial charge is 0.164 e. The maximum Gasteiger partial charge on any atom is 0.164 e. The zero-order chi connectivity index (χ0) is 17.7. The van der Waals surface area contributed by atoms with Crippen molar-refractivity contribution in [2.45, 2.75) is 13.8 Å². The molecule has 1 aromatic carbocycles. The van der Waals surface area contributed by atoms with Gasteiger partial charge in [-0.25, -0.2) is 15.0 Å². The highest BCUT2D eigenvalue weighted by Crippen LogP contribution is 2.33. The minimum Gasteiger partial charge on any atom is -0.486 e. The van der Waals surface area contributed by atoms with Gasteiger partial charge in [-0.3, -0.25) is 4.57 Å². The summed E-state index contributed by atoms with van der Waals surface area (Å²) in [6.45, 7) is 5.08. The summed E-state index contributed by atoms with van der Waals surface area (Å²) in [7, 11) is 0. The first kappa shape index (κ1) is 14.9. The minimum atomic E-state index is 0.561. The first-order valence-electron chi connectivity index (χ1n) is 8.46. The fourth-order valence-corrected chi connectivity index (χ4v) is 3.33.